The van der Waals surface area contributed by atoms with Gasteiger partial charge in [0.25, 0.3) is 0 Å². The molecule has 1 amide bonds. The Morgan fingerprint density at radius 1 is 1.15 bits per heavy atom. The number of rotatable bonds is 7. The zero-order valence-electron chi connectivity index (χ0n) is 14.0. The minimum atomic E-state index is -0.302. The van der Waals surface area contributed by atoms with Gasteiger partial charge < -0.3 is 10.6 Å². The Balaban J connectivity index is 2.76. The maximum absolute atomic E-state index is 13.0. The van der Waals surface area contributed by atoms with Gasteiger partial charge in [0.1, 0.15) is 0 Å². The number of likely N-dealkylation sites (tertiary alicyclic amines) is 1. The molecule has 0 atom stereocenters. The van der Waals surface area contributed by atoms with Crippen LogP contribution in [0.2, 0.25) is 0 Å². The van der Waals surface area contributed by atoms with Crippen LogP contribution in [0.15, 0.2) is 0 Å². The van der Waals surface area contributed by atoms with E-state index in [1.54, 1.807) is 0 Å². The van der Waals surface area contributed by atoms with Gasteiger partial charge in [0.05, 0.1) is 5.41 Å². The van der Waals surface area contributed by atoms with Gasteiger partial charge >= 0.3 is 0 Å². The van der Waals surface area contributed by atoms with Crippen LogP contribution in [0.4, 0.5) is 0 Å². The number of nitrogens with two attached hydrogens (primary N) is 1. The fraction of sp³-hybridized carbons (Fsp3) is 0.941. The fourth-order valence-electron chi connectivity index (χ4n) is 3.53. The van der Waals surface area contributed by atoms with Crippen LogP contribution >= 0.6 is 0 Å². The van der Waals surface area contributed by atoms with Crippen LogP contribution in [0, 0.1) is 10.8 Å². The second kappa shape index (κ2) is 7.44. The van der Waals surface area contributed by atoms with Crippen LogP contribution in [0.1, 0.15) is 72.6 Å². The second-order valence-electron chi connectivity index (χ2n) is 6.94. The highest BCUT2D eigenvalue weighted by Gasteiger charge is 2.40. The molecule has 3 nitrogen and oxygen atoms in total. The second-order valence-corrected chi connectivity index (χ2v) is 6.94. The molecule has 0 radical (unpaired) electrons. The molecule has 20 heavy (non-hydrogen) atoms. The van der Waals surface area contributed by atoms with Gasteiger partial charge in [-0.1, -0.05) is 47.0 Å². The average molecular weight is 282 g/mol. The Bertz CT molecular complexity index is 300. The molecular formula is C17H34N2O. The van der Waals surface area contributed by atoms with Gasteiger partial charge in [0.15, 0.2) is 0 Å². The van der Waals surface area contributed by atoms with Crippen LogP contribution in [-0.4, -0.2) is 30.4 Å². The van der Waals surface area contributed by atoms with E-state index < -0.39 is 0 Å². The highest BCUT2D eigenvalue weighted by molar-refractivity contribution is 5.83. The van der Waals surface area contributed by atoms with Crippen molar-refractivity contribution in [1.29, 1.82) is 0 Å². The first-order valence-corrected chi connectivity index (χ1v) is 8.46. The molecular weight excluding hydrogens is 248 g/mol. The average Bonchev–Trinajstić information content (AvgIpc) is 2.47. The molecule has 1 saturated heterocycles. The third kappa shape index (κ3) is 3.75. The van der Waals surface area contributed by atoms with Crippen molar-refractivity contribution < 1.29 is 4.79 Å². The lowest BCUT2D eigenvalue weighted by atomic mass is 9.75. The molecule has 2 N–H and O–H groups in total. The van der Waals surface area contributed by atoms with E-state index in [1.807, 2.05) is 0 Å². The molecule has 1 fully saturated rings. The van der Waals surface area contributed by atoms with Crippen molar-refractivity contribution in [3.8, 4) is 0 Å². The third-order valence-corrected chi connectivity index (χ3v) is 5.41. The van der Waals surface area contributed by atoms with Gasteiger partial charge in [0, 0.05) is 19.6 Å². The van der Waals surface area contributed by atoms with Crippen LogP contribution in [0.25, 0.3) is 0 Å². The van der Waals surface area contributed by atoms with Gasteiger partial charge in [0.2, 0.25) is 5.91 Å². The number of carbonyl (C=O) groups excluding carboxylic acids is 1. The molecule has 0 saturated carbocycles. The molecule has 0 bridgehead atoms. The lowest BCUT2D eigenvalue weighted by molar-refractivity contribution is -0.145. The van der Waals surface area contributed by atoms with E-state index in [0.29, 0.717) is 17.9 Å². The Labute approximate surface area is 125 Å². The summed E-state index contributed by atoms with van der Waals surface area (Å²) in [5.74, 6) is 0.321. The molecule has 0 unspecified atom stereocenters. The molecule has 118 valence electrons. The van der Waals surface area contributed by atoms with Crippen LogP contribution < -0.4 is 5.73 Å². The zero-order chi connectivity index (χ0) is 15.2. The summed E-state index contributed by atoms with van der Waals surface area (Å²) in [6.07, 6.45) is 7.39. The van der Waals surface area contributed by atoms with E-state index in [4.69, 9.17) is 5.73 Å². The van der Waals surface area contributed by atoms with Gasteiger partial charge in [-0.15, -0.1) is 0 Å². The minimum absolute atomic E-state index is 0.302. The Morgan fingerprint density at radius 3 is 2.00 bits per heavy atom. The van der Waals surface area contributed by atoms with Crippen LogP contribution in [0.3, 0.4) is 0 Å². The quantitative estimate of drug-likeness (QED) is 0.776. The molecule has 0 spiro atoms. The highest BCUT2D eigenvalue weighted by Crippen LogP contribution is 2.37. The van der Waals surface area contributed by atoms with Crippen molar-refractivity contribution in [3.63, 3.8) is 0 Å². The van der Waals surface area contributed by atoms with E-state index >= 15 is 0 Å². The summed E-state index contributed by atoms with van der Waals surface area (Å²) in [4.78, 5) is 15.1. The van der Waals surface area contributed by atoms with E-state index in [9.17, 15) is 4.79 Å². The van der Waals surface area contributed by atoms with E-state index in [0.717, 1.165) is 51.6 Å². The molecule has 1 aliphatic rings. The third-order valence-electron chi connectivity index (χ3n) is 5.41. The molecule has 3 heteroatoms. The molecule has 0 aromatic rings. The highest BCUT2D eigenvalue weighted by atomic mass is 16.2. The van der Waals surface area contributed by atoms with Gasteiger partial charge in [-0.05, 0) is 31.1 Å². The molecule has 0 aromatic carbocycles. The Morgan fingerprint density at radius 2 is 1.65 bits per heavy atom. The summed E-state index contributed by atoms with van der Waals surface area (Å²) in [6, 6.07) is 0. The van der Waals surface area contributed by atoms with Gasteiger partial charge in [-0.3, -0.25) is 4.79 Å². The number of hydrogen-bond donors (Lipinski definition) is 1. The predicted octanol–water partition coefficient (Wildman–Crippen LogP) is 3.57. The van der Waals surface area contributed by atoms with E-state index in [2.05, 4.69) is 32.6 Å². The minimum Gasteiger partial charge on any atom is -0.342 e. The molecule has 0 aliphatic carbocycles. The Kier molecular flexibility index (Phi) is 6.50. The number of carbonyl (C=O) groups is 1. The zero-order valence-corrected chi connectivity index (χ0v) is 14.0. The van der Waals surface area contributed by atoms with Crippen molar-refractivity contribution in [1.82, 2.24) is 4.90 Å². The van der Waals surface area contributed by atoms with E-state index in [1.165, 1.54) is 6.42 Å². The van der Waals surface area contributed by atoms with Crippen molar-refractivity contribution >= 4 is 5.91 Å². The first-order valence-electron chi connectivity index (χ1n) is 8.46. The smallest absolute Gasteiger partial charge is 0.230 e. The summed E-state index contributed by atoms with van der Waals surface area (Å²) < 4.78 is 0. The van der Waals surface area contributed by atoms with Gasteiger partial charge in [-0.25, -0.2) is 0 Å². The van der Waals surface area contributed by atoms with Crippen LogP contribution in [0.5, 0.6) is 0 Å². The standard InChI is InChI=1S/C17H34N2O/c1-5-8-17(14-18,9-6-2)15(20)19-12-10-16(4,7-3)11-13-19/h5-14,18H2,1-4H3. The van der Waals surface area contributed by atoms with Crippen molar-refractivity contribution in [2.24, 2.45) is 16.6 Å². The SMILES string of the molecule is CCCC(CN)(CCC)C(=O)N1CCC(C)(CC)CC1. The lowest BCUT2D eigenvalue weighted by Crippen LogP contribution is -2.51. The first-order chi connectivity index (χ1) is 9.47. The summed E-state index contributed by atoms with van der Waals surface area (Å²) >= 11 is 0. The molecule has 1 heterocycles. The predicted molar refractivity (Wildman–Crippen MR) is 85.5 cm³/mol. The van der Waals surface area contributed by atoms with Crippen molar-refractivity contribution in [2.75, 3.05) is 19.6 Å². The number of amides is 1. The molecule has 0 aromatic heterocycles. The maximum atomic E-state index is 13.0. The monoisotopic (exact) mass is 282 g/mol. The number of nitrogens with zero attached hydrogens (tertiary/aromatic N) is 1. The summed E-state index contributed by atoms with van der Waals surface area (Å²) in [5.41, 5.74) is 6.15. The number of hydrogen-bond acceptors (Lipinski definition) is 2. The summed E-state index contributed by atoms with van der Waals surface area (Å²) in [6.45, 7) is 11.2. The molecule has 1 rings (SSSR count). The summed E-state index contributed by atoms with van der Waals surface area (Å²) in [5, 5.41) is 0. The van der Waals surface area contributed by atoms with E-state index in [-0.39, 0.29) is 5.41 Å². The fourth-order valence-corrected chi connectivity index (χ4v) is 3.53. The Hall–Kier alpha value is -0.570. The molecule has 1 aliphatic heterocycles. The first kappa shape index (κ1) is 17.5. The summed E-state index contributed by atoms with van der Waals surface area (Å²) in [7, 11) is 0. The van der Waals surface area contributed by atoms with Crippen LogP contribution in [-0.2, 0) is 4.79 Å². The number of piperidine rings is 1. The maximum Gasteiger partial charge on any atom is 0.230 e. The lowest BCUT2D eigenvalue weighted by Gasteiger charge is -2.43. The normalized spacial score (nSPS) is 19.1. The topological polar surface area (TPSA) is 46.3 Å². The largest absolute Gasteiger partial charge is 0.342 e. The van der Waals surface area contributed by atoms with Gasteiger partial charge in [-0.2, -0.15) is 0 Å². The van der Waals surface area contributed by atoms with Crippen molar-refractivity contribution in [3.05, 3.63) is 0 Å². The van der Waals surface area contributed by atoms with Crippen molar-refractivity contribution in [2.45, 2.75) is 72.6 Å².